The second-order valence-electron chi connectivity index (χ2n) is 4.22. The average Bonchev–Trinajstić information content (AvgIpc) is 2.15. The molecule has 0 saturated heterocycles. The summed E-state index contributed by atoms with van der Waals surface area (Å²) in [5.74, 6) is 1.04. The van der Waals surface area contributed by atoms with Gasteiger partial charge in [-0.3, -0.25) is 4.79 Å². The Hall–Kier alpha value is -1.31. The van der Waals surface area contributed by atoms with Crippen LogP contribution in [0, 0.1) is 12.8 Å². The fourth-order valence-corrected chi connectivity index (χ4v) is 1.27. The minimum Gasteiger partial charge on any atom is -0.427 e. The molecule has 0 bridgehead atoms. The van der Waals surface area contributed by atoms with E-state index < -0.39 is 0 Å². The van der Waals surface area contributed by atoms with E-state index in [9.17, 15) is 4.79 Å². The van der Waals surface area contributed by atoms with Crippen LogP contribution in [0.3, 0.4) is 0 Å². The van der Waals surface area contributed by atoms with E-state index in [2.05, 4.69) is 13.8 Å². The molecule has 0 N–H and O–H groups in total. The number of ether oxygens (including phenoxy) is 1. The molecule has 2 nitrogen and oxygen atoms in total. The van der Waals surface area contributed by atoms with Gasteiger partial charge < -0.3 is 4.74 Å². The fraction of sp³-hybridized carbons (Fsp3) is 0.462. The van der Waals surface area contributed by atoms with E-state index in [1.54, 1.807) is 6.07 Å². The van der Waals surface area contributed by atoms with Crippen LogP contribution in [0.2, 0.25) is 0 Å². The summed E-state index contributed by atoms with van der Waals surface area (Å²) in [6.07, 6.45) is 1.37. The van der Waals surface area contributed by atoms with Crippen molar-refractivity contribution in [3.63, 3.8) is 0 Å². The third kappa shape index (κ3) is 4.63. The number of hydrogen-bond acceptors (Lipinski definition) is 2. The molecule has 15 heavy (non-hydrogen) atoms. The lowest BCUT2D eigenvalue weighted by atomic mass is 10.1. The molecule has 2 heteroatoms. The highest BCUT2D eigenvalue weighted by molar-refractivity contribution is 5.72. The molecule has 0 aliphatic carbocycles. The molecule has 0 saturated carbocycles. The Balaban J connectivity index is 2.44. The Labute approximate surface area is 91.3 Å². The van der Waals surface area contributed by atoms with Crippen molar-refractivity contribution < 1.29 is 9.53 Å². The summed E-state index contributed by atoms with van der Waals surface area (Å²) in [4.78, 5) is 11.4. The first-order valence-corrected chi connectivity index (χ1v) is 5.35. The van der Waals surface area contributed by atoms with Crippen molar-refractivity contribution in [2.24, 2.45) is 5.92 Å². The molecule has 0 radical (unpaired) electrons. The highest BCUT2D eigenvalue weighted by atomic mass is 16.5. The van der Waals surface area contributed by atoms with Crippen molar-refractivity contribution in [3.05, 3.63) is 29.8 Å². The third-order valence-electron chi connectivity index (χ3n) is 2.15. The second kappa shape index (κ2) is 5.54. The van der Waals surface area contributed by atoms with Crippen molar-refractivity contribution in [1.82, 2.24) is 0 Å². The first-order valence-electron chi connectivity index (χ1n) is 5.35. The minimum atomic E-state index is -0.144. The predicted octanol–water partition coefficient (Wildman–Crippen LogP) is 3.34. The maximum Gasteiger partial charge on any atom is 0.311 e. The van der Waals surface area contributed by atoms with Crippen LogP contribution in [0.5, 0.6) is 5.75 Å². The van der Waals surface area contributed by atoms with Crippen molar-refractivity contribution >= 4 is 5.97 Å². The molecule has 82 valence electrons. The second-order valence-corrected chi connectivity index (χ2v) is 4.22. The molecule has 0 aliphatic heterocycles. The lowest BCUT2D eigenvalue weighted by Crippen LogP contribution is -2.08. The minimum absolute atomic E-state index is 0.144. The van der Waals surface area contributed by atoms with E-state index >= 15 is 0 Å². The monoisotopic (exact) mass is 206 g/mol. The van der Waals surface area contributed by atoms with Crippen LogP contribution < -0.4 is 4.74 Å². The normalized spacial score (nSPS) is 10.4. The largest absolute Gasteiger partial charge is 0.427 e. The molecule has 0 fully saturated rings. The molecule has 0 unspecified atom stereocenters. The SMILES string of the molecule is Cc1cccc(OC(=O)CCC(C)C)c1. The van der Waals surface area contributed by atoms with E-state index in [1.165, 1.54) is 0 Å². The summed E-state index contributed by atoms with van der Waals surface area (Å²) < 4.78 is 5.21. The zero-order chi connectivity index (χ0) is 11.3. The van der Waals surface area contributed by atoms with Crippen LogP contribution in [-0.2, 0) is 4.79 Å². The van der Waals surface area contributed by atoms with E-state index in [0.717, 1.165) is 12.0 Å². The molecule has 0 spiro atoms. The number of esters is 1. The Morgan fingerprint density at radius 3 is 2.73 bits per heavy atom. The molecular weight excluding hydrogens is 188 g/mol. The summed E-state index contributed by atoms with van der Waals surface area (Å²) in [5.41, 5.74) is 1.10. The smallest absolute Gasteiger partial charge is 0.311 e. The standard InChI is InChI=1S/C13H18O2/c1-10(2)7-8-13(14)15-12-6-4-5-11(3)9-12/h4-6,9-10H,7-8H2,1-3H3. The summed E-state index contributed by atoms with van der Waals surface area (Å²) >= 11 is 0. The number of aryl methyl sites for hydroxylation is 1. The van der Waals surface area contributed by atoms with Crippen LogP contribution in [0.4, 0.5) is 0 Å². The molecule has 0 amide bonds. The van der Waals surface area contributed by atoms with Gasteiger partial charge in [0.25, 0.3) is 0 Å². The predicted molar refractivity (Wildman–Crippen MR) is 60.9 cm³/mol. The highest BCUT2D eigenvalue weighted by Gasteiger charge is 2.05. The highest BCUT2D eigenvalue weighted by Crippen LogP contribution is 2.14. The zero-order valence-electron chi connectivity index (χ0n) is 9.62. The lowest BCUT2D eigenvalue weighted by Gasteiger charge is -2.06. The van der Waals surface area contributed by atoms with Crippen molar-refractivity contribution in [2.45, 2.75) is 33.6 Å². The first-order chi connectivity index (χ1) is 7.08. The van der Waals surface area contributed by atoms with E-state index in [1.807, 2.05) is 25.1 Å². The van der Waals surface area contributed by atoms with Gasteiger partial charge in [0.2, 0.25) is 0 Å². The average molecular weight is 206 g/mol. The summed E-state index contributed by atoms with van der Waals surface area (Å²) in [6, 6.07) is 7.54. The number of carbonyl (C=O) groups excluding carboxylic acids is 1. The topological polar surface area (TPSA) is 26.3 Å². The fourth-order valence-electron chi connectivity index (χ4n) is 1.27. The van der Waals surface area contributed by atoms with Gasteiger partial charge in [-0.05, 0) is 37.0 Å². The zero-order valence-corrected chi connectivity index (χ0v) is 9.62. The van der Waals surface area contributed by atoms with Gasteiger partial charge in [-0.1, -0.05) is 26.0 Å². The molecular formula is C13H18O2. The van der Waals surface area contributed by atoms with Gasteiger partial charge in [0.15, 0.2) is 0 Å². The van der Waals surface area contributed by atoms with Gasteiger partial charge in [-0.2, -0.15) is 0 Å². The number of carbonyl (C=O) groups is 1. The first kappa shape index (κ1) is 11.8. The summed E-state index contributed by atoms with van der Waals surface area (Å²) in [6.45, 7) is 6.17. The van der Waals surface area contributed by atoms with E-state index in [0.29, 0.717) is 18.1 Å². The Kier molecular flexibility index (Phi) is 4.35. The molecule has 0 aliphatic rings. The van der Waals surface area contributed by atoms with Crippen molar-refractivity contribution in [3.8, 4) is 5.75 Å². The summed E-state index contributed by atoms with van der Waals surface area (Å²) in [7, 11) is 0. The van der Waals surface area contributed by atoms with E-state index in [4.69, 9.17) is 4.74 Å². The lowest BCUT2D eigenvalue weighted by molar-refractivity contribution is -0.134. The van der Waals surface area contributed by atoms with Crippen LogP contribution in [0.25, 0.3) is 0 Å². The van der Waals surface area contributed by atoms with E-state index in [-0.39, 0.29) is 5.97 Å². The van der Waals surface area contributed by atoms with Crippen molar-refractivity contribution in [2.75, 3.05) is 0 Å². The molecule has 1 aromatic rings. The Morgan fingerprint density at radius 1 is 1.40 bits per heavy atom. The van der Waals surface area contributed by atoms with Gasteiger partial charge >= 0.3 is 5.97 Å². The van der Waals surface area contributed by atoms with Gasteiger partial charge in [0.05, 0.1) is 0 Å². The molecule has 0 atom stereocenters. The number of benzene rings is 1. The molecule has 1 rings (SSSR count). The Morgan fingerprint density at radius 2 is 2.13 bits per heavy atom. The maximum atomic E-state index is 11.4. The van der Waals surface area contributed by atoms with Gasteiger partial charge in [0, 0.05) is 6.42 Å². The van der Waals surface area contributed by atoms with Gasteiger partial charge in [-0.25, -0.2) is 0 Å². The molecule has 0 heterocycles. The van der Waals surface area contributed by atoms with Crippen molar-refractivity contribution in [1.29, 1.82) is 0 Å². The quantitative estimate of drug-likeness (QED) is 0.558. The maximum absolute atomic E-state index is 11.4. The summed E-state index contributed by atoms with van der Waals surface area (Å²) in [5, 5.41) is 0. The van der Waals surface area contributed by atoms with Gasteiger partial charge in [-0.15, -0.1) is 0 Å². The number of rotatable bonds is 4. The van der Waals surface area contributed by atoms with Crippen LogP contribution in [0.15, 0.2) is 24.3 Å². The third-order valence-corrected chi connectivity index (χ3v) is 2.15. The van der Waals surface area contributed by atoms with Crippen LogP contribution >= 0.6 is 0 Å². The Bertz CT molecular complexity index is 329. The van der Waals surface area contributed by atoms with Crippen LogP contribution in [-0.4, -0.2) is 5.97 Å². The van der Waals surface area contributed by atoms with Crippen LogP contribution in [0.1, 0.15) is 32.3 Å². The molecule has 1 aromatic carbocycles. The van der Waals surface area contributed by atoms with Gasteiger partial charge in [0.1, 0.15) is 5.75 Å². The number of hydrogen-bond donors (Lipinski definition) is 0. The molecule has 0 aromatic heterocycles.